The molecule has 0 saturated heterocycles. The van der Waals surface area contributed by atoms with E-state index < -0.39 is 0 Å². The number of allylic oxidation sites excluding steroid dienone is 6. The summed E-state index contributed by atoms with van der Waals surface area (Å²) in [6.07, 6.45) is 16.6. The van der Waals surface area contributed by atoms with E-state index >= 15 is 0 Å². The van der Waals surface area contributed by atoms with Crippen LogP contribution in [-0.4, -0.2) is 31.1 Å². The summed E-state index contributed by atoms with van der Waals surface area (Å²) in [5.74, 6) is 0.505. The molecule has 0 bridgehead atoms. The average Bonchev–Trinajstić information content (AvgIpc) is 3.02. The van der Waals surface area contributed by atoms with Crippen molar-refractivity contribution >= 4 is 5.69 Å². The van der Waals surface area contributed by atoms with E-state index in [9.17, 15) is 0 Å². The number of hydrogen-bond donors (Lipinski definition) is 0. The molecule has 30 heavy (non-hydrogen) atoms. The second-order valence-electron chi connectivity index (χ2n) is 7.11. The lowest BCUT2D eigenvalue weighted by molar-refractivity contribution is 0.381. The van der Waals surface area contributed by atoms with Crippen LogP contribution in [0, 0.1) is 11.3 Å². The Kier molecular flexibility index (Phi) is 12.0. The molecule has 0 N–H and O–H groups in total. The Morgan fingerprint density at radius 2 is 1.97 bits per heavy atom. The number of benzene rings is 1. The molecular weight excluding hydrogens is 366 g/mol. The third-order valence-corrected chi connectivity index (χ3v) is 5.36. The number of hydrogen-bond acceptors (Lipinski definition) is 3. The highest BCUT2D eigenvalue weighted by molar-refractivity contribution is 5.62. The van der Waals surface area contributed by atoms with Gasteiger partial charge in [0.1, 0.15) is 0 Å². The van der Waals surface area contributed by atoms with Crippen LogP contribution < -0.4 is 4.90 Å². The summed E-state index contributed by atoms with van der Waals surface area (Å²) in [5, 5.41) is 8.84. The molecule has 2 atom stereocenters. The zero-order valence-corrected chi connectivity index (χ0v) is 19.7. The molecule has 0 saturated carbocycles. The van der Waals surface area contributed by atoms with Crippen molar-refractivity contribution in [1.29, 1.82) is 5.26 Å². The monoisotopic (exact) mass is 405 g/mol. The second kappa shape index (κ2) is 14.3. The van der Waals surface area contributed by atoms with E-state index in [0.29, 0.717) is 18.4 Å². The Hall–Kier alpha value is -2.73. The van der Waals surface area contributed by atoms with E-state index in [1.807, 2.05) is 20.8 Å². The highest BCUT2D eigenvalue weighted by atomic mass is 15.2. The summed E-state index contributed by atoms with van der Waals surface area (Å²) in [4.78, 5) is 4.61. The van der Waals surface area contributed by atoms with Gasteiger partial charge in [0.2, 0.25) is 0 Å². The first-order chi connectivity index (χ1) is 14.6. The Morgan fingerprint density at radius 1 is 1.23 bits per heavy atom. The van der Waals surface area contributed by atoms with Crippen LogP contribution in [-0.2, 0) is 0 Å². The first-order valence-electron chi connectivity index (χ1n) is 11.2. The molecule has 1 aromatic rings. The fraction of sp³-hybridized carbons (Fsp3) is 0.444. The quantitative estimate of drug-likeness (QED) is 0.422. The first kappa shape index (κ1) is 25.3. The van der Waals surface area contributed by atoms with E-state index in [1.165, 1.54) is 16.9 Å². The van der Waals surface area contributed by atoms with Crippen molar-refractivity contribution in [2.75, 3.05) is 25.0 Å². The lowest BCUT2D eigenvalue weighted by Crippen LogP contribution is -2.27. The van der Waals surface area contributed by atoms with Gasteiger partial charge in [-0.05, 0) is 38.0 Å². The van der Waals surface area contributed by atoms with Gasteiger partial charge in [-0.15, -0.1) is 0 Å². The summed E-state index contributed by atoms with van der Waals surface area (Å²) in [6.45, 7) is 12.1. The van der Waals surface area contributed by atoms with Crippen LogP contribution in [0.2, 0.25) is 0 Å². The normalized spacial score (nSPS) is 18.6. The highest BCUT2D eigenvalue weighted by Gasteiger charge is 2.30. The Morgan fingerprint density at radius 3 is 2.60 bits per heavy atom. The van der Waals surface area contributed by atoms with Crippen LogP contribution in [0.4, 0.5) is 5.69 Å². The fourth-order valence-electron chi connectivity index (χ4n) is 3.82. The molecule has 1 heterocycles. The van der Waals surface area contributed by atoms with Crippen molar-refractivity contribution < 1.29 is 0 Å². The maximum Gasteiger partial charge on any atom is 0.0640 e. The molecule has 3 heteroatoms. The zero-order valence-electron chi connectivity index (χ0n) is 19.7. The minimum atomic E-state index is 0.401. The van der Waals surface area contributed by atoms with Crippen LogP contribution in [0.3, 0.4) is 0 Å². The minimum absolute atomic E-state index is 0.401. The summed E-state index contributed by atoms with van der Waals surface area (Å²) in [5.41, 5.74) is 3.96. The van der Waals surface area contributed by atoms with Crippen molar-refractivity contribution in [2.45, 2.75) is 59.4 Å². The number of rotatable bonds is 9. The van der Waals surface area contributed by atoms with Crippen molar-refractivity contribution in [3.63, 3.8) is 0 Å². The van der Waals surface area contributed by atoms with E-state index in [2.05, 4.69) is 104 Å². The summed E-state index contributed by atoms with van der Waals surface area (Å²) >= 11 is 0. The Bertz CT molecular complexity index is 751. The molecule has 2 unspecified atom stereocenters. The number of fused-ring (bicyclic) bond motifs is 1. The van der Waals surface area contributed by atoms with Gasteiger partial charge in [-0.2, -0.15) is 5.26 Å². The number of nitriles is 1. The molecule has 162 valence electrons. The second-order valence-corrected chi connectivity index (χ2v) is 7.11. The predicted molar refractivity (Wildman–Crippen MR) is 132 cm³/mol. The van der Waals surface area contributed by atoms with Gasteiger partial charge in [0.05, 0.1) is 18.5 Å². The van der Waals surface area contributed by atoms with Crippen molar-refractivity contribution in [3.8, 4) is 6.07 Å². The third-order valence-electron chi connectivity index (χ3n) is 5.36. The zero-order chi connectivity index (χ0) is 22.4. The van der Waals surface area contributed by atoms with Gasteiger partial charge in [0.15, 0.2) is 0 Å². The Labute approximate surface area is 184 Å². The molecule has 3 nitrogen and oxygen atoms in total. The fourth-order valence-corrected chi connectivity index (χ4v) is 3.82. The standard InChI is InChI=1S/C25H33N3.C2H6/c1-5-14-22(28(6-2)20-13-19-26)15-9-7-8-10-17-24-21(3)23-16-11-12-18-25(23)27(24)4;1-2/h5,7-8,10-12,14-18,21,24H,6,9,13,20H2,1-4H3;1-2H3/b8-7+,14-5-,17-10+,22-15?;. The summed E-state index contributed by atoms with van der Waals surface area (Å²) < 4.78 is 0. The van der Waals surface area contributed by atoms with Crippen LogP contribution in [0.1, 0.15) is 58.9 Å². The Balaban J connectivity index is 0.00000218. The van der Waals surface area contributed by atoms with E-state index in [1.54, 1.807) is 0 Å². The SMILES string of the molecule is C/C=C\C(=CC/C=C/C=C/C1C(C)c2ccccc2N1C)N(CC)CCC#N.CC. The molecule has 0 radical (unpaired) electrons. The van der Waals surface area contributed by atoms with Crippen LogP contribution >= 0.6 is 0 Å². The first-order valence-corrected chi connectivity index (χ1v) is 11.2. The maximum atomic E-state index is 8.84. The average molecular weight is 406 g/mol. The smallest absolute Gasteiger partial charge is 0.0640 e. The van der Waals surface area contributed by atoms with Crippen molar-refractivity contribution in [2.24, 2.45) is 0 Å². The molecular formula is C27H39N3. The molecule has 1 aliphatic rings. The number of anilines is 1. The van der Waals surface area contributed by atoms with Gasteiger partial charge in [0, 0.05) is 37.4 Å². The van der Waals surface area contributed by atoms with Gasteiger partial charge in [-0.1, -0.05) is 75.4 Å². The topological polar surface area (TPSA) is 30.3 Å². The molecule has 0 amide bonds. The van der Waals surface area contributed by atoms with Gasteiger partial charge >= 0.3 is 0 Å². The van der Waals surface area contributed by atoms with Gasteiger partial charge < -0.3 is 9.80 Å². The molecule has 0 aromatic heterocycles. The molecule has 0 aliphatic carbocycles. The number of nitrogens with zero attached hydrogens (tertiary/aromatic N) is 3. The van der Waals surface area contributed by atoms with Gasteiger partial charge in [-0.3, -0.25) is 0 Å². The largest absolute Gasteiger partial charge is 0.371 e. The minimum Gasteiger partial charge on any atom is -0.371 e. The van der Waals surface area contributed by atoms with E-state index in [0.717, 1.165) is 19.5 Å². The number of likely N-dealkylation sites (N-methyl/N-ethyl adjacent to an activating group) is 2. The van der Waals surface area contributed by atoms with Crippen LogP contribution in [0.5, 0.6) is 0 Å². The maximum absolute atomic E-state index is 8.84. The third kappa shape index (κ3) is 6.95. The van der Waals surface area contributed by atoms with E-state index in [4.69, 9.17) is 5.26 Å². The lowest BCUT2D eigenvalue weighted by atomic mass is 9.97. The van der Waals surface area contributed by atoms with Crippen molar-refractivity contribution in [1.82, 2.24) is 4.90 Å². The molecule has 1 aliphatic heterocycles. The predicted octanol–water partition coefficient (Wildman–Crippen LogP) is 6.83. The summed E-state index contributed by atoms with van der Waals surface area (Å²) in [6, 6.07) is 11.3. The highest BCUT2D eigenvalue weighted by Crippen LogP contribution is 2.39. The molecule has 0 spiro atoms. The van der Waals surface area contributed by atoms with Crippen molar-refractivity contribution in [3.05, 3.63) is 78.1 Å². The molecule has 2 rings (SSSR count). The van der Waals surface area contributed by atoms with Gasteiger partial charge in [-0.25, -0.2) is 0 Å². The van der Waals surface area contributed by atoms with Gasteiger partial charge in [0.25, 0.3) is 0 Å². The van der Waals surface area contributed by atoms with E-state index in [-0.39, 0.29) is 0 Å². The summed E-state index contributed by atoms with van der Waals surface area (Å²) in [7, 11) is 2.17. The van der Waals surface area contributed by atoms with Crippen LogP contribution in [0.15, 0.2) is 72.5 Å². The van der Waals surface area contributed by atoms with Crippen LogP contribution in [0.25, 0.3) is 0 Å². The molecule has 1 aromatic carbocycles. The molecule has 0 fully saturated rings. The number of para-hydroxylation sites is 1. The lowest BCUT2D eigenvalue weighted by Gasteiger charge is -2.23.